The summed E-state index contributed by atoms with van der Waals surface area (Å²) in [7, 11) is -3.49. The third-order valence-electron chi connectivity index (χ3n) is 5.39. The summed E-state index contributed by atoms with van der Waals surface area (Å²) >= 11 is 0. The second kappa shape index (κ2) is 9.58. The predicted molar refractivity (Wildman–Crippen MR) is 109 cm³/mol. The summed E-state index contributed by atoms with van der Waals surface area (Å²) < 4.78 is 32.0. The van der Waals surface area contributed by atoms with Crippen LogP contribution in [-0.2, 0) is 19.6 Å². The van der Waals surface area contributed by atoms with Crippen molar-refractivity contribution >= 4 is 27.7 Å². The number of carbonyl (C=O) groups excluding carboxylic acids is 2. The first-order chi connectivity index (χ1) is 13.9. The fourth-order valence-corrected chi connectivity index (χ4v) is 5.30. The van der Waals surface area contributed by atoms with E-state index in [0.717, 1.165) is 25.7 Å². The molecule has 160 valence electrons. The van der Waals surface area contributed by atoms with Gasteiger partial charge in [-0.1, -0.05) is 6.42 Å². The summed E-state index contributed by atoms with van der Waals surface area (Å²) in [6.45, 7) is 4.08. The van der Waals surface area contributed by atoms with Crippen LogP contribution in [0.15, 0.2) is 29.2 Å². The van der Waals surface area contributed by atoms with Crippen molar-refractivity contribution in [2.24, 2.45) is 5.92 Å². The van der Waals surface area contributed by atoms with E-state index in [2.05, 4.69) is 5.32 Å². The molecule has 1 unspecified atom stereocenters. The Kier molecular flexibility index (Phi) is 7.13. The van der Waals surface area contributed by atoms with Crippen molar-refractivity contribution in [3.8, 4) is 0 Å². The number of hydrogen-bond acceptors (Lipinski definition) is 5. The van der Waals surface area contributed by atoms with Gasteiger partial charge in [0.25, 0.3) is 0 Å². The van der Waals surface area contributed by atoms with Crippen LogP contribution in [-0.4, -0.2) is 62.4 Å². The molecule has 2 aliphatic heterocycles. The molecule has 0 saturated carbocycles. The van der Waals surface area contributed by atoms with Crippen molar-refractivity contribution in [3.63, 3.8) is 0 Å². The minimum atomic E-state index is -3.49. The van der Waals surface area contributed by atoms with E-state index in [-0.39, 0.29) is 16.7 Å². The zero-order chi connectivity index (χ0) is 20.9. The molecule has 0 aliphatic carbocycles. The molecule has 2 heterocycles. The summed E-state index contributed by atoms with van der Waals surface area (Å²) in [6, 6.07) is 6.29. The number of hydrogen-bond donors (Lipinski definition) is 1. The topological polar surface area (TPSA) is 96.0 Å². The van der Waals surface area contributed by atoms with Crippen LogP contribution < -0.4 is 5.32 Å². The van der Waals surface area contributed by atoms with Crippen LogP contribution in [0.3, 0.4) is 0 Å². The summed E-state index contributed by atoms with van der Waals surface area (Å²) in [5.74, 6) is -0.490. The van der Waals surface area contributed by atoms with Crippen LogP contribution in [0.4, 0.5) is 10.5 Å². The molecule has 1 N–H and O–H groups in total. The highest BCUT2D eigenvalue weighted by molar-refractivity contribution is 7.89. The Hall–Kier alpha value is -2.13. The number of sulfonamides is 1. The lowest BCUT2D eigenvalue weighted by atomic mass is 9.97. The van der Waals surface area contributed by atoms with Crippen molar-refractivity contribution in [2.45, 2.75) is 43.9 Å². The molecule has 2 saturated heterocycles. The van der Waals surface area contributed by atoms with E-state index in [1.165, 1.54) is 16.4 Å². The largest absolute Gasteiger partial charge is 0.450 e. The van der Waals surface area contributed by atoms with E-state index < -0.39 is 16.1 Å². The van der Waals surface area contributed by atoms with Crippen LogP contribution in [0.25, 0.3) is 0 Å². The molecule has 3 rings (SSSR count). The standard InChI is InChI=1S/C20H29N3O5S/c1-2-28-20(25)22-12-6-7-16(15-22)19(24)21-17-8-10-18(11-9-17)29(26,27)23-13-4-3-5-14-23/h8-11,16H,2-7,12-15H2,1H3,(H,21,24). The number of amides is 2. The van der Waals surface area contributed by atoms with Crippen molar-refractivity contribution < 1.29 is 22.7 Å². The number of anilines is 1. The molecule has 2 fully saturated rings. The fraction of sp³-hybridized carbons (Fsp3) is 0.600. The van der Waals surface area contributed by atoms with Gasteiger partial charge in [0, 0.05) is 31.9 Å². The molecule has 2 aliphatic rings. The Morgan fingerprint density at radius 3 is 2.41 bits per heavy atom. The SMILES string of the molecule is CCOC(=O)N1CCCC(C(=O)Nc2ccc(S(=O)(=O)N3CCCCC3)cc2)C1. The zero-order valence-electron chi connectivity index (χ0n) is 16.8. The molecule has 0 spiro atoms. The van der Waals surface area contributed by atoms with E-state index in [4.69, 9.17) is 4.74 Å². The summed E-state index contributed by atoms with van der Waals surface area (Å²) in [5, 5.41) is 2.84. The van der Waals surface area contributed by atoms with Crippen LogP contribution >= 0.6 is 0 Å². The lowest BCUT2D eigenvalue weighted by Gasteiger charge is -2.31. The zero-order valence-corrected chi connectivity index (χ0v) is 17.6. The number of ether oxygens (including phenoxy) is 1. The summed E-state index contributed by atoms with van der Waals surface area (Å²) in [4.78, 5) is 26.3. The van der Waals surface area contributed by atoms with Gasteiger partial charge in [0.2, 0.25) is 15.9 Å². The average Bonchev–Trinajstić information content (AvgIpc) is 2.75. The van der Waals surface area contributed by atoms with Gasteiger partial charge in [0.15, 0.2) is 0 Å². The first-order valence-electron chi connectivity index (χ1n) is 10.2. The molecule has 1 aromatic rings. The summed E-state index contributed by atoms with van der Waals surface area (Å²) in [5.41, 5.74) is 0.542. The highest BCUT2D eigenvalue weighted by Gasteiger charge is 2.29. The van der Waals surface area contributed by atoms with Gasteiger partial charge in [-0.15, -0.1) is 0 Å². The molecule has 1 aromatic carbocycles. The average molecular weight is 424 g/mol. The number of nitrogens with one attached hydrogen (secondary N) is 1. The molecule has 8 nitrogen and oxygen atoms in total. The molecule has 1 atom stereocenters. The Balaban J connectivity index is 1.60. The second-order valence-corrected chi connectivity index (χ2v) is 9.40. The third-order valence-corrected chi connectivity index (χ3v) is 7.31. The molecule has 2 amide bonds. The molecular weight excluding hydrogens is 394 g/mol. The van der Waals surface area contributed by atoms with Gasteiger partial charge in [-0.05, 0) is 56.9 Å². The van der Waals surface area contributed by atoms with E-state index in [1.807, 2.05) is 0 Å². The van der Waals surface area contributed by atoms with Gasteiger partial charge in [-0.25, -0.2) is 13.2 Å². The van der Waals surface area contributed by atoms with Gasteiger partial charge in [-0.3, -0.25) is 4.79 Å². The van der Waals surface area contributed by atoms with Crippen molar-refractivity contribution in [2.75, 3.05) is 38.1 Å². The number of likely N-dealkylation sites (tertiary alicyclic amines) is 1. The molecule has 0 radical (unpaired) electrons. The molecule has 0 bridgehead atoms. The monoisotopic (exact) mass is 423 g/mol. The minimum absolute atomic E-state index is 0.175. The predicted octanol–water partition coefficient (Wildman–Crippen LogP) is 2.67. The lowest BCUT2D eigenvalue weighted by molar-refractivity contribution is -0.121. The molecule has 29 heavy (non-hydrogen) atoms. The number of carbonyl (C=O) groups is 2. The van der Waals surface area contributed by atoms with Crippen LogP contribution in [0, 0.1) is 5.92 Å². The number of benzene rings is 1. The molecule has 9 heteroatoms. The number of piperidine rings is 2. The maximum absolute atomic E-state index is 12.7. The highest BCUT2D eigenvalue weighted by Crippen LogP contribution is 2.23. The quantitative estimate of drug-likeness (QED) is 0.785. The Morgan fingerprint density at radius 1 is 1.07 bits per heavy atom. The van der Waals surface area contributed by atoms with Gasteiger partial charge in [0.05, 0.1) is 17.4 Å². The van der Waals surface area contributed by atoms with Gasteiger partial charge in [-0.2, -0.15) is 4.31 Å². The van der Waals surface area contributed by atoms with Crippen LogP contribution in [0.5, 0.6) is 0 Å². The van der Waals surface area contributed by atoms with Crippen LogP contribution in [0.2, 0.25) is 0 Å². The first-order valence-corrected chi connectivity index (χ1v) is 11.7. The molecule has 0 aromatic heterocycles. The van der Waals surface area contributed by atoms with E-state index >= 15 is 0 Å². The van der Waals surface area contributed by atoms with E-state index in [9.17, 15) is 18.0 Å². The highest BCUT2D eigenvalue weighted by atomic mass is 32.2. The van der Waals surface area contributed by atoms with Gasteiger partial charge >= 0.3 is 6.09 Å². The normalized spacial score (nSPS) is 20.9. The van der Waals surface area contributed by atoms with Crippen molar-refractivity contribution in [3.05, 3.63) is 24.3 Å². The smallest absolute Gasteiger partial charge is 0.409 e. The maximum atomic E-state index is 12.7. The number of rotatable bonds is 5. The van der Waals surface area contributed by atoms with Gasteiger partial charge < -0.3 is 15.0 Å². The molecular formula is C20H29N3O5S. The first kappa shape index (κ1) is 21.6. The lowest BCUT2D eigenvalue weighted by Crippen LogP contribution is -2.44. The summed E-state index contributed by atoms with van der Waals surface area (Å²) in [6.07, 6.45) is 3.88. The fourth-order valence-electron chi connectivity index (χ4n) is 3.78. The Bertz CT molecular complexity index is 819. The van der Waals surface area contributed by atoms with Gasteiger partial charge in [0.1, 0.15) is 0 Å². The van der Waals surface area contributed by atoms with Crippen LogP contribution in [0.1, 0.15) is 39.0 Å². The minimum Gasteiger partial charge on any atom is -0.450 e. The second-order valence-electron chi connectivity index (χ2n) is 7.46. The van der Waals surface area contributed by atoms with Crippen molar-refractivity contribution in [1.82, 2.24) is 9.21 Å². The Labute approximate surface area is 172 Å². The maximum Gasteiger partial charge on any atom is 0.409 e. The van der Waals surface area contributed by atoms with E-state index in [0.29, 0.717) is 44.9 Å². The van der Waals surface area contributed by atoms with Crippen molar-refractivity contribution in [1.29, 1.82) is 0 Å². The van der Waals surface area contributed by atoms with E-state index in [1.54, 1.807) is 24.0 Å². The number of nitrogens with zero attached hydrogens (tertiary/aromatic N) is 2. The Morgan fingerprint density at radius 2 is 1.76 bits per heavy atom. The third kappa shape index (κ3) is 5.27.